The zero-order valence-electron chi connectivity index (χ0n) is 15.6. The predicted molar refractivity (Wildman–Crippen MR) is 98.8 cm³/mol. The number of rotatable bonds is 6. The Hall–Kier alpha value is -2.24. The minimum absolute atomic E-state index is 0.00273. The number of piperazine rings is 1. The van der Waals surface area contributed by atoms with Crippen LogP contribution in [0.1, 0.15) is 27.7 Å². The molecule has 1 N–H and O–H groups in total. The summed E-state index contributed by atoms with van der Waals surface area (Å²) in [7, 11) is 0. The van der Waals surface area contributed by atoms with Crippen molar-refractivity contribution in [3.05, 3.63) is 24.3 Å². The van der Waals surface area contributed by atoms with Gasteiger partial charge in [0.05, 0.1) is 12.3 Å². The molecule has 6 nitrogen and oxygen atoms in total. The highest BCUT2D eigenvalue weighted by Gasteiger charge is 2.30. The molecule has 1 saturated heterocycles. The van der Waals surface area contributed by atoms with Crippen molar-refractivity contribution in [2.45, 2.75) is 33.7 Å². The molecular formula is C19H29N3O3. The summed E-state index contributed by atoms with van der Waals surface area (Å²) in [4.78, 5) is 28.2. The summed E-state index contributed by atoms with van der Waals surface area (Å²) in [5.74, 6) is 0.774. The quantitative estimate of drug-likeness (QED) is 0.854. The summed E-state index contributed by atoms with van der Waals surface area (Å²) in [6.07, 6.45) is 0. The molecule has 1 atom stereocenters. The van der Waals surface area contributed by atoms with E-state index < -0.39 is 6.04 Å². The topological polar surface area (TPSA) is 61.9 Å². The van der Waals surface area contributed by atoms with Crippen molar-refractivity contribution in [2.24, 2.45) is 5.92 Å². The third-order valence-electron chi connectivity index (χ3n) is 4.39. The van der Waals surface area contributed by atoms with E-state index in [-0.39, 0.29) is 17.7 Å². The molecule has 0 spiro atoms. The monoisotopic (exact) mass is 347 g/mol. The van der Waals surface area contributed by atoms with Crippen LogP contribution in [0.3, 0.4) is 0 Å². The smallest absolute Gasteiger partial charge is 0.245 e. The number of carbonyl (C=O) groups is 2. The number of para-hydroxylation sites is 2. The lowest BCUT2D eigenvalue weighted by Crippen LogP contribution is -2.56. The Morgan fingerprint density at radius 2 is 1.80 bits per heavy atom. The molecule has 1 aromatic carbocycles. The predicted octanol–water partition coefficient (Wildman–Crippen LogP) is 1.89. The molecule has 1 fully saturated rings. The van der Waals surface area contributed by atoms with Crippen molar-refractivity contribution in [1.29, 1.82) is 0 Å². The third kappa shape index (κ3) is 4.87. The first-order valence-corrected chi connectivity index (χ1v) is 8.96. The molecule has 0 unspecified atom stereocenters. The van der Waals surface area contributed by atoms with E-state index in [1.54, 1.807) is 0 Å². The SMILES string of the molecule is CCOc1ccccc1N1CCN(C(=O)[C@H](NC(C)=O)C(C)C)CC1. The van der Waals surface area contributed by atoms with Gasteiger partial charge in [0.1, 0.15) is 11.8 Å². The van der Waals surface area contributed by atoms with Gasteiger partial charge < -0.3 is 19.9 Å². The molecular weight excluding hydrogens is 318 g/mol. The summed E-state index contributed by atoms with van der Waals surface area (Å²) in [6, 6.07) is 7.54. The molecule has 1 heterocycles. The van der Waals surface area contributed by atoms with Crippen LogP contribution in [-0.2, 0) is 9.59 Å². The van der Waals surface area contributed by atoms with Crippen LogP contribution in [0, 0.1) is 5.92 Å². The average molecular weight is 347 g/mol. The molecule has 1 aliphatic rings. The van der Waals surface area contributed by atoms with E-state index in [1.807, 2.05) is 43.9 Å². The lowest BCUT2D eigenvalue weighted by atomic mass is 10.0. The van der Waals surface area contributed by atoms with Gasteiger partial charge in [0, 0.05) is 33.1 Å². The van der Waals surface area contributed by atoms with Crippen LogP contribution < -0.4 is 15.0 Å². The van der Waals surface area contributed by atoms with Crippen LogP contribution in [0.5, 0.6) is 5.75 Å². The fourth-order valence-electron chi connectivity index (χ4n) is 3.09. The second-order valence-electron chi connectivity index (χ2n) is 6.64. The summed E-state index contributed by atoms with van der Waals surface area (Å²) >= 11 is 0. The first-order chi connectivity index (χ1) is 11.9. The summed E-state index contributed by atoms with van der Waals surface area (Å²) < 4.78 is 5.71. The molecule has 2 rings (SSSR count). The van der Waals surface area contributed by atoms with Gasteiger partial charge in [0.15, 0.2) is 0 Å². The van der Waals surface area contributed by atoms with Crippen molar-refractivity contribution in [1.82, 2.24) is 10.2 Å². The number of amides is 2. The van der Waals surface area contributed by atoms with E-state index in [1.165, 1.54) is 6.92 Å². The number of hydrogen-bond acceptors (Lipinski definition) is 4. The van der Waals surface area contributed by atoms with Crippen molar-refractivity contribution in [2.75, 3.05) is 37.7 Å². The second kappa shape index (κ2) is 8.74. The molecule has 0 aliphatic carbocycles. The molecule has 0 saturated carbocycles. The Balaban J connectivity index is 2.01. The fourth-order valence-corrected chi connectivity index (χ4v) is 3.09. The van der Waals surface area contributed by atoms with Crippen molar-refractivity contribution >= 4 is 17.5 Å². The van der Waals surface area contributed by atoms with Crippen LogP contribution in [0.25, 0.3) is 0 Å². The standard InChI is InChI=1S/C19H29N3O3/c1-5-25-17-9-7-6-8-16(17)21-10-12-22(13-11-21)19(24)18(14(2)3)20-15(4)23/h6-9,14,18H,5,10-13H2,1-4H3,(H,20,23)/t18-/m1/s1. The van der Waals surface area contributed by atoms with Crippen LogP contribution in [0.2, 0.25) is 0 Å². The summed E-state index contributed by atoms with van der Waals surface area (Å²) in [5, 5.41) is 2.78. The Bertz CT molecular complexity index is 595. The zero-order valence-corrected chi connectivity index (χ0v) is 15.6. The van der Waals surface area contributed by atoms with E-state index in [0.29, 0.717) is 19.7 Å². The number of nitrogens with zero attached hydrogens (tertiary/aromatic N) is 2. The lowest BCUT2D eigenvalue weighted by molar-refractivity contribution is -0.137. The van der Waals surface area contributed by atoms with Crippen LogP contribution in [-0.4, -0.2) is 55.5 Å². The number of nitrogens with one attached hydrogen (secondary N) is 1. The Morgan fingerprint density at radius 1 is 1.16 bits per heavy atom. The van der Waals surface area contributed by atoms with Gasteiger partial charge in [-0.2, -0.15) is 0 Å². The van der Waals surface area contributed by atoms with Crippen molar-refractivity contribution in [3.63, 3.8) is 0 Å². The van der Waals surface area contributed by atoms with E-state index in [2.05, 4.69) is 16.3 Å². The van der Waals surface area contributed by atoms with E-state index in [9.17, 15) is 9.59 Å². The highest BCUT2D eigenvalue weighted by molar-refractivity contribution is 5.87. The maximum Gasteiger partial charge on any atom is 0.245 e. The van der Waals surface area contributed by atoms with Gasteiger partial charge in [0.2, 0.25) is 11.8 Å². The molecule has 138 valence electrons. The Labute approximate surface area is 150 Å². The number of benzene rings is 1. The largest absolute Gasteiger partial charge is 0.492 e. The van der Waals surface area contributed by atoms with Gasteiger partial charge >= 0.3 is 0 Å². The minimum atomic E-state index is -0.459. The second-order valence-corrected chi connectivity index (χ2v) is 6.64. The molecule has 2 amide bonds. The van der Waals surface area contributed by atoms with Gasteiger partial charge in [-0.1, -0.05) is 26.0 Å². The molecule has 1 aromatic rings. The Morgan fingerprint density at radius 3 is 2.36 bits per heavy atom. The van der Waals surface area contributed by atoms with Gasteiger partial charge in [0.25, 0.3) is 0 Å². The Kier molecular flexibility index (Phi) is 6.67. The van der Waals surface area contributed by atoms with E-state index in [0.717, 1.165) is 24.5 Å². The van der Waals surface area contributed by atoms with Crippen molar-refractivity contribution in [3.8, 4) is 5.75 Å². The normalized spacial score (nSPS) is 15.9. The molecule has 0 radical (unpaired) electrons. The zero-order chi connectivity index (χ0) is 18.4. The van der Waals surface area contributed by atoms with Crippen molar-refractivity contribution < 1.29 is 14.3 Å². The molecule has 0 aromatic heterocycles. The lowest BCUT2D eigenvalue weighted by Gasteiger charge is -2.38. The van der Waals surface area contributed by atoms with Gasteiger partial charge in [-0.3, -0.25) is 9.59 Å². The highest BCUT2D eigenvalue weighted by atomic mass is 16.5. The third-order valence-corrected chi connectivity index (χ3v) is 4.39. The molecule has 1 aliphatic heterocycles. The van der Waals surface area contributed by atoms with Gasteiger partial charge in [-0.15, -0.1) is 0 Å². The molecule has 6 heteroatoms. The van der Waals surface area contributed by atoms with Gasteiger partial charge in [-0.25, -0.2) is 0 Å². The van der Waals surface area contributed by atoms with E-state index >= 15 is 0 Å². The maximum atomic E-state index is 12.8. The number of carbonyl (C=O) groups excluding carboxylic acids is 2. The first kappa shape index (κ1) is 19.1. The van der Waals surface area contributed by atoms with Crippen LogP contribution in [0.4, 0.5) is 5.69 Å². The van der Waals surface area contributed by atoms with E-state index in [4.69, 9.17) is 4.74 Å². The number of ether oxygens (including phenoxy) is 1. The summed E-state index contributed by atoms with van der Waals surface area (Å²) in [5.41, 5.74) is 1.07. The fraction of sp³-hybridized carbons (Fsp3) is 0.579. The van der Waals surface area contributed by atoms with Crippen LogP contribution in [0.15, 0.2) is 24.3 Å². The molecule has 0 bridgehead atoms. The average Bonchev–Trinajstić information content (AvgIpc) is 2.60. The maximum absolute atomic E-state index is 12.8. The number of hydrogen-bond donors (Lipinski definition) is 1. The molecule has 25 heavy (non-hydrogen) atoms. The minimum Gasteiger partial charge on any atom is -0.492 e. The van der Waals surface area contributed by atoms with Gasteiger partial charge in [-0.05, 0) is 25.0 Å². The number of anilines is 1. The first-order valence-electron chi connectivity index (χ1n) is 8.96. The highest BCUT2D eigenvalue weighted by Crippen LogP contribution is 2.29. The van der Waals surface area contributed by atoms with Crippen LogP contribution >= 0.6 is 0 Å². The summed E-state index contributed by atoms with van der Waals surface area (Å²) in [6.45, 7) is 10.7.